The summed E-state index contributed by atoms with van der Waals surface area (Å²) in [7, 11) is 0. The van der Waals surface area contributed by atoms with Crippen LogP contribution in [0.25, 0.3) is 0 Å². The molecule has 1 saturated heterocycles. The number of hydrogen-bond donors (Lipinski definition) is 1. The van der Waals surface area contributed by atoms with Gasteiger partial charge in [0.15, 0.2) is 0 Å². The molecule has 4 rings (SSSR count). The zero-order valence-electron chi connectivity index (χ0n) is 15.3. The van der Waals surface area contributed by atoms with E-state index in [1.165, 1.54) is 23.5 Å². The fourth-order valence-corrected chi connectivity index (χ4v) is 4.26. The number of nitrogens with zero attached hydrogens (tertiary/aromatic N) is 3. The first-order valence-electron chi connectivity index (χ1n) is 9.19. The van der Waals surface area contributed by atoms with Gasteiger partial charge in [0.2, 0.25) is 0 Å². The first-order valence-corrected chi connectivity index (χ1v) is 10.1. The number of hydrogen-bond acceptors (Lipinski definition) is 5. The molecule has 146 valence electrons. The van der Waals surface area contributed by atoms with Gasteiger partial charge >= 0.3 is 0 Å². The van der Waals surface area contributed by atoms with E-state index in [0.717, 1.165) is 43.5 Å². The van der Waals surface area contributed by atoms with E-state index >= 15 is 0 Å². The average Bonchev–Trinajstić information content (AvgIpc) is 3.22. The van der Waals surface area contributed by atoms with Gasteiger partial charge in [0, 0.05) is 61.6 Å². The van der Waals surface area contributed by atoms with Crippen molar-refractivity contribution in [1.29, 1.82) is 0 Å². The molecule has 0 bridgehead atoms. The van der Waals surface area contributed by atoms with Gasteiger partial charge < -0.3 is 10.0 Å². The van der Waals surface area contributed by atoms with Crippen molar-refractivity contribution < 1.29 is 13.9 Å². The molecule has 4 nitrogen and oxygen atoms in total. The topological polar surface area (TPSA) is 39.6 Å². The lowest BCUT2D eigenvalue weighted by atomic mass is 10.1. The number of anilines is 1. The van der Waals surface area contributed by atoms with Crippen molar-refractivity contribution in [1.82, 2.24) is 9.88 Å². The van der Waals surface area contributed by atoms with Crippen molar-refractivity contribution in [2.75, 3.05) is 31.1 Å². The molecule has 0 saturated carbocycles. The van der Waals surface area contributed by atoms with Crippen molar-refractivity contribution in [3.8, 4) is 0 Å². The molecule has 0 unspecified atom stereocenters. The van der Waals surface area contributed by atoms with E-state index in [4.69, 9.17) is 0 Å². The summed E-state index contributed by atoms with van der Waals surface area (Å²) in [5.74, 6) is -1.09. The molecule has 1 aliphatic heterocycles. The minimum Gasteiger partial charge on any atom is -0.381 e. The number of rotatable bonds is 5. The number of para-hydroxylation sites is 1. The summed E-state index contributed by atoms with van der Waals surface area (Å²) in [5.41, 5.74) is 2.49. The van der Waals surface area contributed by atoms with Gasteiger partial charge in [-0.1, -0.05) is 18.2 Å². The summed E-state index contributed by atoms with van der Waals surface area (Å²) in [4.78, 5) is 8.66. The fourth-order valence-electron chi connectivity index (χ4n) is 3.62. The largest absolute Gasteiger partial charge is 0.381 e. The van der Waals surface area contributed by atoms with E-state index in [2.05, 4.69) is 14.8 Å². The van der Waals surface area contributed by atoms with Crippen LogP contribution in [0.2, 0.25) is 0 Å². The molecule has 7 heteroatoms. The second-order valence-electron chi connectivity index (χ2n) is 6.87. The van der Waals surface area contributed by atoms with Gasteiger partial charge in [-0.15, -0.1) is 11.3 Å². The summed E-state index contributed by atoms with van der Waals surface area (Å²) in [6.45, 7) is 3.63. The molecule has 0 radical (unpaired) electrons. The molecule has 2 aromatic carbocycles. The standard InChI is InChI=1S/C21H21F2N3OS/c22-16-11-15(12-17(23)13-16)14-25-6-8-26(9-7-25)19-4-2-1-3-18(19)20(27)21-24-5-10-28-21/h1-5,10-13,20,27H,6-9,14H2/t20-/m1/s1. The molecular weight excluding hydrogens is 380 g/mol. The monoisotopic (exact) mass is 401 g/mol. The Morgan fingerprint density at radius 3 is 2.43 bits per heavy atom. The van der Waals surface area contributed by atoms with E-state index in [0.29, 0.717) is 17.1 Å². The minimum atomic E-state index is -0.746. The molecule has 1 N–H and O–H groups in total. The van der Waals surface area contributed by atoms with Gasteiger partial charge in [-0.05, 0) is 23.8 Å². The maximum absolute atomic E-state index is 13.4. The van der Waals surface area contributed by atoms with E-state index in [1.54, 1.807) is 6.20 Å². The zero-order chi connectivity index (χ0) is 19.5. The number of piperazine rings is 1. The Bertz CT molecular complexity index is 907. The van der Waals surface area contributed by atoms with Crippen LogP contribution in [0.3, 0.4) is 0 Å². The predicted octanol–water partition coefficient (Wildman–Crippen LogP) is 3.83. The Hall–Kier alpha value is -2.35. The summed E-state index contributed by atoms with van der Waals surface area (Å²) in [5, 5.41) is 13.3. The van der Waals surface area contributed by atoms with Crippen LogP contribution < -0.4 is 4.90 Å². The molecule has 0 spiro atoms. The van der Waals surface area contributed by atoms with Gasteiger partial charge in [0.1, 0.15) is 22.7 Å². The third-order valence-electron chi connectivity index (χ3n) is 4.96. The second kappa shape index (κ2) is 8.34. The Labute approximate surface area is 166 Å². The lowest BCUT2D eigenvalue weighted by Gasteiger charge is -2.37. The normalized spacial score (nSPS) is 16.3. The fraction of sp³-hybridized carbons (Fsp3) is 0.286. The molecule has 1 aliphatic rings. The first-order chi connectivity index (χ1) is 13.6. The zero-order valence-corrected chi connectivity index (χ0v) is 16.1. The van der Waals surface area contributed by atoms with Crippen LogP contribution in [0.1, 0.15) is 22.2 Å². The molecule has 0 aliphatic carbocycles. The van der Waals surface area contributed by atoms with Crippen molar-refractivity contribution in [3.05, 3.63) is 81.8 Å². The van der Waals surface area contributed by atoms with E-state index in [-0.39, 0.29) is 0 Å². The van der Waals surface area contributed by atoms with Crippen molar-refractivity contribution >= 4 is 17.0 Å². The number of aliphatic hydroxyl groups is 1. The second-order valence-corrected chi connectivity index (χ2v) is 7.80. The third kappa shape index (κ3) is 4.22. The van der Waals surface area contributed by atoms with Gasteiger partial charge in [0.05, 0.1) is 0 Å². The van der Waals surface area contributed by atoms with Crippen LogP contribution >= 0.6 is 11.3 Å². The smallest absolute Gasteiger partial charge is 0.132 e. The van der Waals surface area contributed by atoms with Gasteiger partial charge in [-0.25, -0.2) is 13.8 Å². The number of aromatic nitrogens is 1. The van der Waals surface area contributed by atoms with Crippen molar-refractivity contribution in [2.45, 2.75) is 12.6 Å². The quantitative estimate of drug-likeness (QED) is 0.706. The number of halogens is 2. The van der Waals surface area contributed by atoms with Crippen molar-refractivity contribution in [2.24, 2.45) is 0 Å². The van der Waals surface area contributed by atoms with Crippen LogP contribution in [0.15, 0.2) is 54.0 Å². The number of thiazole rings is 1. The maximum atomic E-state index is 13.4. The van der Waals surface area contributed by atoms with Crippen LogP contribution in [-0.2, 0) is 6.54 Å². The molecule has 28 heavy (non-hydrogen) atoms. The van der Waals surface area contributed by atoms with Gasteiger partial charge in [-0.3, -0.25) is 4.90 Å². The molecule has 1 atom stereocenters. The summed E-state index contributed by atoms with van der Waals surface area (Å²) < 4.78 is 26.8. The van der Waals surface area contributed by atoms with E-state index in [1.807, 2.05) is 29.6 Å². The highest BCUT2D eigenvalue weighted by molar-refractivity contribution is 7.09. The van der Waals surface area contributed by atoms with Gasteiger partial charge in [-0.2, -0.15) is 0 Å². The maximum Gasteiger partial charge on any atom is 0.132 e. The summed E-state index contributed by atoms with van der Waals surface area (Å²) >= 11 is 1.44. The first kappa shape index (κ1) is 19.0. The third-order valence-corrected chi connectivity index (χ3v) is 5.79. The van der Waals surface area contributed by atoms with E-state index < -0.39 is 17.7 Å². The highest BCUT2D eigenvalue weighted by Crippen LogP contribution is 2.32. The SMILES string of the molecule is O[C@@H](c1nccs1)c1ccccc1N1CCN(Cc2cc(F)cc(F)c2)CC1. The number of benzene rings is 2. The lowest BCUT2D eigenvalue weighted by molar-refractivity contribution is 0.218. The molecule has 3 aromatic rings. The Balaban J connectivity index is 1.44. The Kier molecular flexibility index (Phi) is 5.66. The van der Waals surface area contributed by atoms with Crippen LogP contribution in [0.5, 0.6) is 0 Å². The van der Waals surface area contributed by atoms with Crippen LogP contribution in [-0.4, -0.2) is 41.2 Å². The van der Waals surface area contributed by atoms with Crippen LogP contribution in [0.4, 0.5) is 14.5 Å². The molecule has 1 aromatic heterocycles. The predicted molar refractivity (Wildman–Crippen MR) is 106 cm³/mol. The summed E-state index contributed by atoms with van der Waals surface area (Å²) in [6.07, 6.45) is 0.948. The highest BCUT2D eigenvalue weighted by atomic mass is 32.1. The van der Waals surface area contributed by atoms with Gasteiger partial charge in [0.25, 0.3) is 0 Å². The summed E-state index contributed by atoms with van der Waals surface area (Å²) in [6, 6.07) is 11.5. The lowest BCUT2D eigenvalue weighted by Crippen LogP contribution is -2.46. The minimum absolute atomic E-state index is 0.520. The average molecular weight is 401 g/mol. The van der Waals surface area contributed by atoms with Crippen molar-refractivity contribution in [3.63, 3.8) is 0 Å². The Morgan fingerprint density at radius 1 is 1.04 bits per heavy atom. The highest BCUT2D eigenvalue weighted by Gasteiger charge is 2.23. The molecule has 2 heterocycles. The Morgan fingerprint density at radius 2 is 1.75 bits per heavy atom. The van der Waals surface area contributed by atoms with E-state index in [9.17, 15) is 13.9 Å². The number of aliphatic hydroxyl groups excluding tert-OH is 1. The molecular formula is C21H21F2N3OS. The molecule has 0 amide bonds. The molecule has 1 fully saturated rings. The van der Waals surface area contributed by atoms with Crippen LogP contribution in [0, 0.1) is 11.6 Å².